The summed E-state index contributed by atoms with van der Waals surface area (Å²) in [5.41, 5.74) is -2.37. The first-order valence-electron chi connectivity index (χ1n) is 8.61. The topological polar surface area (TPSA) is 123 Å². The van der Waals surface area contributed by atoms with Crippen molar-refractivity contribution < 1.29 is 22.7 Å². The number of H-pyrrole nitrogens is 2. The third kappa shape index (κ3) is 4.20. The molecule has 3 heterocycles. The van der Waals surface area contributed by atoms with E-state index in [1.165, 1.54) is 10.6 Å². The van der Waals surface area contributed by atoms with Gasteiger partial charge in [0.1, 0.15) is 11.3 Å². The maximum Gasteiger partial charge on any atom is 0.433 e. The van der Waals surface area contributed by atoms with Gasteiger partial charge in [0.05, 0.1) is 23.8 Å². The van der Waals surface area contributed by atoms with Crippen LogP contribution in [0.3, 0.4) is 0 Å². The van der Waals surface area contributed by atoms with E-state index in [2.05, 4.69) is 15.1 Å². The molecule has 0 radical (unpaired) electrons. The van der Waals surface area contributed by atoms with E-state index in [1.54, 1.807) is 0 Å². The molecule has 29 heavy (non-hydrogen) atoms. The average Bonchev–Trinajstić information content (AvgIpc) is 3.14. The van der Waals surface area contributed by atoms with Crippen LogP contribution in [0.2, 0.25) is 0 Å². The van der Waals surface area contributed by atoms with E-state index in [1.807, 2.05) is 12.0 Å². The van der Waals surface area contributed by atoms with Crippen LogP contribution < -0.4 is 11.2 Å². The molecule has 0 fully saturated rings. The second kappa shape index (κ2) is 7.89. The first-order valence-corrected chi connectivity index (χ1v) is 8.61. The zero-order chi connectivity index (χ0) is 21.2. The molecule has 3 rings (SSSR count). The minimum Gasteiger partial charge on any atom is -0.462 e. The summed E-state index contributed by atoms with van der Waals surface area (Å²) in [5.74, 6) is -0.857. The van der Waals surface area contributed by atoms with Gasteiger partial charge in [0, 0.05) is 24.7 Å². The number of nitrogens with zero attached hydrogens (tertiary/aromatic N) is 3. The third-order valence-electron chi connectivity index (χ3n) is 4.12. The van der Waals surface area contributed by atoms with Gasteiger partial charge in [-0.3, -0.25) is 19.4 Å². The van der Waals surface area contributed by atoms with Crippen LogP contribution in [0.25, 0.3) is 11.0 Å². The molecular weight excluding hydrogens is 395 g/mol. The Balaban J connectivity index is 1.77. The van der Waals surface area contributed by atoms with Gasteiger partial charge < -0.3 is 4.74 Å². The van der Waals surface area contributed by atoms with E-state index in [9.17, 15) is 27.6 Å². The Kier molecular flexibility index (Phi) is 5.52. The fourth-order valence-corrected chi connectivity index (χ4v) is 2.79. The number of aromatic nitrogens is 5. The molecule has 12 heteroatoms. The minimum absolute atomic E-state index is 0.0293. The molecule has 0 saturated carbocycles. The second-order valence-corrected chi connectivity index (χ2v) is 6.16. The molecule has 3 aromatic heterocycles. The van der Waals surface area contributed by atoms with Crippen molar-refractivity contribution in [2.75, 3.05) is 6.61 Å². The number of hydrogen-bond donors (Lipinski definition) is 2. The molecule has 0 saturated heterocycles. The highest BCUT2D eigenvalue weighted by Crippen LogP contribution is 2.30. The number of pyridine rings is 1. The minimum atomic E-state index is -4.59. The maximum atomic E-state index is 12.8. The molecule has 2 N–H and O–H groups in total. The molecule has 0 aliphatic carbocycles. The highest BCUT2D eigenvalue weighted by molar-refractivity contribution is 5.92. The van der Waals surface area contributed by atoms with Crippen molar-refractivity contribution >= 4 is 17.0 Å². The Morgan fingerprint density at radius 2 is 2.03 bits per heavy atom. The molecule has 9 nitrogen and oxygen atoms in total. The van der Waals surface area contributed by atoms with E-state index in [0.29, 0.717) is 13.0 Å². The molecule has 0 aromatic carbocycles. The van der Waals surface area contributed by atoms with Crippen molar-refractivity contribution in [3.05, 3.63) is 56.1 Å². The Morgan fingerprint density at radius 3 is 2.72 bits per heavy atom. The SMILES string of the molecule is CCCn1c(=O)[nH]c(=O)c2cc(C(=O)OCCc3cn[nH]c3C(F)(F)F)cnc21. The standard InChI is InChI=1S/C17H16F3N5O4/c1-2-4-25-13-11(14(26)23-16(25)28)6-10(7-21-13)15(27)29-5-3-9-8-22-24-12(9)17(18,19)20/h6-8H,2-5H2,1H3,(H,22,24)(H,23,26,28). The van der Waals surface area contributed by atoms with Gasteiger partial charge in [-0.1, -0.05) is 6.92 Å². The lowest BCUT2D eigenvalue weighted by atomic mass is 10.2. The van der Waals surface area contributed by atoms with Gasteiger partial charge in [0.25, 0.3) is 5.56 Å². The maximum absolute atomic E-state index is 12.8. The number of carbonyl (C=O) groups excluding carboxylic acids is 1. The fraction of sp³-hybridized carbons (Fsp3) is 0.353. The Labute approximate surface area is 160 Å². The zero-order valence-electron chi connectivity index (χ0n) is 15.2. The number of nitrogens with one attached hydrogen (secondary N) is 2. The largest absolute Gasteiger partial charge is 0.462 e. The lowest BCUT2D eigenvalue weighted by Crippen LogP contribution is -2.31. The van der Waals surface area contributed by atoms with Crippen LogP contribution in [-0.2, 0) is 23.9 Å². The number of aryl methyl sites for hydroxylation is 1. The van der Waals surface area contributed by atoms with Gasteiger partial charge in [-0.25, -0.2) is 14.6 Å². The summed E-state index contributed by atoms with van der Waals surface area (Å²) in [6, 6.07) is 1.23. The van der Waals surface area contributed by atoms with E-state index < -0.39 is 29.1 Å². The highest BCUT2D eigenvalue weighted by atomic mass is 19.4. The molecule has 0 unspecified atom stereocenters. The fourth-order valence-electron chi connectivity index (χ4n) is 2.79. The van der Waals surface area contributed by atoms with Crippen molar-refractivity contribution in [1.29, 1.82) is 0 Å². The molecule has 0 bridgehead atoms. The number of aromatic amines is 2. The second-order valence-electron chi connectivity index (χ2n) is 6.16. The first-order chi connectivity index (χ1) is 13.7. The van der Waals surface area contributed by atoms with Gasteiger partial charge >= 0.3 is 17.8 Å². The summed E-state index contributed by atoms with van der Waals surface area (Å²) >= 11 is 0. The summed E-state index contributed by atoms with van der Waals surface area (Å²) in [6.07, 6.45) is -2.00. The Hall–Kier alpha value is -3.44. The number of alkyl halides is 3. The lowest BCUT2D eigenvalue weighted by molar-refractivity contribution is -0.141. The average molecular weight is 411 g/mol. The molecule has 0 atom stereocenters. The summed E-state index contributed by atoms with van der Waals surface area (Å²) in [5, 5.41) is 5.26. The number of esters is 1. The van der Waals surface area contributed by atoms with E-state index in [0.717, 1.165) is 12.4 Å². The van der Waals surface area contributed by atoms with Crippen molar-refractivity contribution in [3.8, 4) is 0 Å². The smallest absolute Gasteiger partial charge is 0.433 e. The van der Waals surface area contributed by atoms with Gasteiger partial charge in [-0.2, -0.15) is 18.3 Å². The van der Waals surface area contributed by atoms with Crippen LogP contribution in [0.5, 0.6) is 0 Å². The summed E-state index contributed by atoms with van der Waals surface area (Å²) in [6.45, 7) is 1.85. The van der Waals surface area contributed by atoms with Gasteiger partial charge in [-0.05, 0) is 12.5 Å². The summed E-state index contributed by atoms with van der Waals surface area (Å²) < 4.78 is 44.6. The summed E-state index contributed by atoms with van der Waals surface area (Å²) in [4.78, 5) is 42.3. The number of hydrogen-bond acceptors (Lipinski definition) is 6. The molecule has 0 aliphatic heterocycles. The number of halogens is 3. The number of fused-ring (bicyclic) bond motifs is 1. The number of carbonyl (C=O) groups is 1. The molecule has 0 amide bonds. The predicted molar refractivity (Wildman–Crippen MR) is 94.5 cm³/mol. The Bertz CT molecular complexity index is 1160. The zero-order valence-corrected chi connectivity index (χ0v) is 15.2. The van der Waals surface area contributed by atoms with Crippen LogP contribution >= 0.6 is 0 Å². The van der Waals surface area contributed by atoms with Crippen LogP contribution in [0.15, 0.2) is 28.0 Å². The third-order valence-corrected chi connectivity index (χ3v) is 4.12. The molecule has 0 spiro atoms. The first kappa shape index (κ1) is 20.3. The number of ether oxygens (including phenoxy) is 1. The van der Waals surface area contributed by atoms with Crippen LogP contribution in [0.1, 0.15) is 35.0 Å². The van der Waals surface area contributed by atoms with Crippen LogP contribution in [-0.4, -0.2) is 37.3 Å². The molecule has 154 valence electrons. The molecule has 0 aliphatic rings. The van der Waals surface area contributed by atoms with E-state index >= 15 is 0 Å². The monoisotopic (exact) mass is 411 g/mol. The highest BCUT2D eigenvalue weighted by Gasteiger charge is 2.35. The van der Waals surface area contributed by atoms with Crippen molar-refractivity contribution in [2.45, 2.75) is 32.5 Å². The van der Waals surface area contributed by atoms with Crippen molar-refractivity contribution in [2.24, 2.45) is 0 Å². The van der Waals surface area contributed by atoms with Gasteiger partial charge in [-0.15, -0.1) is 0 Å². The summed E-state index contributed by atoms with van der Waals surface area (Å²) in [7, 11) is 0. The Morgan fingerprint density at radius 1 is 1.28 bits per heavy atom. The van der Waals surface area contributed by atoms with Gasteiger partial charge in [0.2, 0.25) is 0 Å². The van der Waals surface area contributed by atoms with Crippen LogP contribution in [0.4, 0.5) is 13.2 Å². The van der Waals surface area contributed by atoms with Crippen molar-refractivity contribution in [1.82, 2.24) is 24.7 Å². The quantitative estimate of drug-likeness (QED) is 0.595. The van der Waals surface area contributed by atoms with Gasteiger partial charge in [0.15, 0.2) is 0 Å². The molecular formula is C17H16F3N5O4. The normalized spacial score (nSPS) is 11.7. The van der Waals surface area contributed by atoms with Crippen LogP contribution in [0, 0.1) is 0 Å². The lowest BCUT2D eigenvalue weighted by Gasteiger charge is -2.09. The molecule has 3 aromatic rings. The van der Waals surface area contributed by atoms with E-state index in [4.69, 9.17) is 4.74 Å². The predicted octanol–water partition coefficient (Wildman–Crippen LogP) is 1.64. The van der Waals surface area contributed by atoms with E-state index in [-0.39, 0.29) is 35.2 Å². The number of rotatable bonds is 6. The van der Waals surface area contributed by atoms with Crippen molar-refractivity contribution in [3.63, 3.8) is 0 Å².